The van der Waals surface area contributed by atoms with E-state index in [1.54, 1.807) is 0 Å². The molecular formula is C23H24N4O2. The van der Waals surface area contributed by atoms with Crippen LogP contribution in [-0.4, -0.2) is 40.6 Å². The third-order valence-corrected chi connectivity index (χ3v) is 5.99. The summed E-state index contributed by atoms with van der Waals surface area (Å²) in [5, 5.41) is 4.10. The Bertz CT molecular complexity index is 1010. The van der Waals surface area contributed by atoms with Crippen molar-refractivity contribution in [2.75, 3.05) is 19.6 Å². The summed E-state index contributed by atoms with van der Waals surface area (Å²) in [6.45, 7) is 1.92. The fourth-order valence-corrected chi connectivity index (χ4v) is 4.18. The minimum absolute atomic E-state index is 0.0228. The quantitative estimate of drug-likeness (QED) is 0.724. The second kappa shape index (κ2) is 7.44. The molecule has 0 bridgehead atoms. The number of aromatic nitrogens is 2. The van der Waals surface area contributed by atoms with Gasteiger partial charge in [0.05, 0.1) is 0 Å². The Morgan fingerprint density at radius 2 is 1.93 bits per heavy atom. The van der Waals surface area contributed by atoms with E-state index in [1.165, 1.54) is 5.56 Å². The fraction of sp³-hybridized carbons (Fsp3) is 0.348. The Morgan fingerprint density at radius 1 is 1.10 bits per heavy atom. The van der Waals surface area contributed by atoms with Crippen LogP contribution < -0.4 is 5.73 Å². The molecule has 6 heteroatoms. The highest BCUT2D eigenvalue weighted by Gasteiger charge is 2.35. The maximum Gasteiger partial charge on any atom is 0.253 e. The van der Waals surface area contributed by atoms with Gasteiger partial charge in [-0.25, -0.2) is 0 Å². The van der Waals surface area contributed by atoms with Crippen LogP contribution in [0, 0.1) is 5.92 Å². The van der Waals surface area contributed by atoms with E-state index >= 15 is 0 Å². The van der Waals surface area contributed by atoms with E-state index in [1.807, 2.05) is 47.4 Å². The van der Waals surface area contributed by atoms with Gasteiger partial charge in [0.25, 0.3) is 5.91 Å². The van der Waals surface area contributed by atoms with Crippen LogP contribution >= 0.6 is 0 Å². The number of benzene rings is 2. The summed E-state index contributed by atoms with van der Waals surface area (Å²) in [6.07, 6.45) is 2.22. The van der Waals surface area contributed by atoms with Crippen molar-refractivity contribution in [1.82, 2.24) is 15.0 Å². The van der Waals surface area contributed by atoms with Crippen LogP contribution in [0.5, 0.6) is 0 Å². The smallest absolute Gasteiger partial charge is 0.253 e. The lowest BCUT2D eigenvalue weighted by Crippen LogP contribution is -2.29. The Kier molecular flexibility index (Phi) is 4.64. The minimum Gasteiger partial charge on any atom is -0.339 e. The van der Waals surface area contributed by atoms with Gasteiger partial charge >= 0.3 is 0 Å². The first-order chi connectivity index (χ1) is 14.2. The van der Waals surface area contributed by atoms with E-state index in [0.717, 1.165) is 18.4 Å². The molecule has 2 N–H and O–H groups in total. The van der Waals surface area contributed by atoms with Crippen molar-refractivity contribution in [3.8, 4) is 11.4 Å². The van der Waals surface area contributed by atoms with Gasteiger partial charge in [-0.3, -0.25) is 4.79 Å². The van der Waals surface area contributed by atoms with Gasteiger partial charge in [0.1, 0.15) is 0 Å². The van der Waals surface area contributed by atoms with Gasteiger partial charge in [0, 0.05) is 36.1 Å². The molecule has 2 heterocycles. The van der Waals surface area contributed by atoms with Gasteiger partial charge < -0.3 is 15.2 Å². The number of likely N-dealkylation sites (tertiary alicyclic amines) is 1. The van der Waals surface area contributed by atoms with Gasteiger partial charge in [-0.05, 0) is 43.0 Å². The van der Waals surface area contributed by atoms with E-state index in [2.05, 4.69) is 22.3 Å². The van der Waals surface area contributed by atoms with Gasteiger partial charge in [-0.15, -0.1) is 0 Å². The molecule has 2 atom stereocenters. The van der Waals surface area contributed by atoms with E-state index in [9.17, 15) is 4.79 Å². The van der Waals surface area contributed by atoms with Crippen LogP contribution in [0.3, 0.4) is 0 Å². The Hall–Kier alpha value is -2.99. The van der Waals surface area contributed by atoms with Gasteiger partial charge in [0.15, 0.2) is 0 Å². The average molecular weight is 388 g/mol. The van der Waals surface area contributed by atoms with Crippen molar-refractivity contribution >= 4 is 5.91 Å². The van der Waals surface area contributed by atoms with Crippen molar-refractivity contribution in [1.29, 1.82) is 0 Å². The monoisotopic (exact) mass is 388 g/mol. The van der Waals surface area contributed by atoms with E-state index < -0.39 is 0 Å². The molecule has 0 spiro atoms. The molecule has 6 nitrogen and oxygen atoms in total. The van der Waals surface area contributed by atoms with Gasteiger partial charge in [0.2, 0.25) is 11.7 Å². The highest BCUT2D eigenvalue weighted by molar-refractivity contribution is 5.95. The van der Waals surface area contributed by atoms with Crippen LogP contribution in [-0.2, 0) is 0 Å². The number of rotatable bonds is 5. The molecule has 0 radical (unpaired) electrons. The highest BCUT2D eigenvalue weighted by atomic mass is 16.5. The first-order valence-corrected chi connectivity index (χ1v) is 10.2. The van der Waals surface area contributed by atoms with Crippen molar-refractivity contribution in [2.45, 2.75) is 24.7 Å². The predicted octanol–water partition coefficient (Wildman–Crippen LogP) is 3.43. The molecule has 1 saturated carbocycles. The highest BCUT2D eigenvalue weighted by Crippen LogP contribution is 2.39. The van der Waals surface area contributed by atoms with Crippen molar-refractivity contribution in [3.63, 3.8) is 0 Å². The molecule has 1 amide bonds. The van der Waals surface area contributed by atoms with Crippen molar-refractivity contribution in [3.05, 3.63) is 71.6 Å². The third kappa shape index (κ3) is 3.56. The van der Waals surface area contributed by atoms with Crippen LogP contribution in [0.4, 0.5) is 0 Å². The SMILES string of the molecule is NC[C@@H]1CN(C(=O)c2cccc(-c3noc(C4CC4)n3)c2)C[C@H]1c1ccccc1. The van der Waals surface area contributed by atoms with Crippen molar-refractivity contribution in [2.24, 2.45) is 11.7 Å². The number of nitrogens with zero attached hydrogens (tertiary/aromatic N) is 3. The van der Waals surface area contributed by atoms with E-state index in [4.69, 9.17) is 10.3 Å². The zero-order valence-electron chi connectivity index (χ0n) is 16.2. The topological polar surface area (TPSA) is 85.2 Å². The molecule has 1 aromatic heterocycles. The molecule has 0 unspecified atom stereocenters. The molecule has 3 aromatic rings. The number of carbonyl (C=O) groups excluding carboxylic acids is 1. The number of carbonyl (C=O) groups is 1. The summed E-state index contributed by atoms with van der Waals surface area (Å²) >= 11 is 0. The largest absolute Gasteiger partial charge is 0.339 e. The summed E-state index contributed by atoms with van der Waals surface area (Å²) in [5.74, 6) is 2.22. The van der Waals surface area contributed by atoms with E-state index in [0.29, 0.717) is 42.8 Å². The summed E-state index contributed by atoms with van der Waals surface area (Å²) in [7, 11) is 0. The van der Waals surface area contributed by atoms with Crippen LogP contribution in [0.15, 0.2) is 59.1 Å². The number of nitrogens with two attached hydrogens (primary N) is 1. The molecule has 1 saturated heterocycles. The average Bonchev–Trinajstić information content (AvgIpc) is 3.34. The molecule has 29 heavy (non-hydrogen) atoms. The van der Waals surface area contributed by atoms with Gasteiger partial charge in [-0.2, -0.15) is 4.98 Å². The zero-order chi connectivity index (χ0) is 19.8. The lowest BCUT2D eigenvalue weighted by atomic mass is 9.89. The van der Waals surface area contributed by atoms with Crippen LogP contribution in [0.25, 0.3) is 11.4 Å². The zero-order valence-corrected chi connectivity index (χ0v) is 16.2. The summed E-state index contributed by atoms with van der Waals surface area (Å²) in [5.41, 5.74) is 8.72. The second-order valence-electron chi connectivity index (χ2n) is 8.03. The minimum atomic E-state index is 0.0228. The maximum absolute atomic E-state index is 13.2. The Balaban J connectivity index is 1.36. The summed E-state index contributed by atoms with van der Waals surface area (Å²) < 4.78 is 5.36. The number of hydrogen-bond donors (Lipinski definition) is 1. The summed E-state index contributed by atoms with van der Waals surface area (Å²) in [4.78, 5) is 19.6. The molecule has 2 aromatic carbocycles. The maximum atomic E-state index is 13.2. The standard InChI is InChI=1S/C23H24N4O2/c24-12-19-13-27(14-20(19)15-5-2-1-3-6-15)23(28)18-8-4-7-17(11-18)21-25-22(29-26-21)16-9-10-16/h1-8,11,16,19-20H,9-10,12-14,24H2/t19-,20+/m1/s1. The molecule has 1 aliphatic carbocycles. The fourth-order valence-electron chi connectivity index (χ4n) is 4.18. The second-order valence-corrected chi connectivity index (χ2v) is 8.03. The van der Waals surface area contributed by atoms with Gasteiger partial charge in [-0.1, -0.05) is 47.6 Å². The Morgan fingerprint density at radius 3 is 2.69 bits per heavy atom. The van der Waals surface area contributed by atoms with Crippen LogP contribution in [0.2, 0.25) is 0 Å². The van der Waals surface area contributed by atoms with Crippen molar-refractivity contribution < 1.29 is 9.32 Å². The first kappa shape index (κ1) is 18.1. The number of amides is 1. The molecule has 2 aliphatic rings. The number of hydrogen-bond acceptors (Lipinski definition) is 5. The Labute approximate surface area is 169 Å². The summed E-state index contributed by atoms with van der Waals surface area (Å²) in [6, 6.07) is 17.8. The normalized spacial score (nSPS) is 21.5. The molecular weight excluding hydrogens is 364 g/mol. The third-order valence-electron chi connectivity index (χ3n) is 5.99. The predicted molar refractivity (Wildman–Crippen MR) is 109 cm³/mol. The molecule has 2 fully saturated rings. The van der Waals surface area contributed by atoms with Crippen LogP contribution in [0.1, 0.15) is 46.5 Å². The molecule has 1 aliphatic heterocycles. The first-order valence-electron chi connectivity index (χ1n) is 10.2. The van der Waals surface area contributed by atoms with E-state index in [-0.39, 0.29) is 17.7 Å². The lowest BCUT2D eigenvalue weighted by molar-refractivity contribution is 0.0786. The molecule has 148 valence electrons. The lowest BCUT2D eigenvalue weighted by Gasteiger charge is -2.17. The molecule has 5 rings (SSSR count).